The van der Waals surface area contributed by atoms with Gasteiger partial charge in [-0.25, -0.2) is 4.79 Å². The van der Waals surface area contributed by atoms with E-state index in [9.17, 15) is 19.7 Å². The number of hydrogen-bond donors (Lipinski definition) is 3. The number of esters is 1. The van der Waals surface area contributed by atoms with Crippen molar-refractivity contribution in [3.8, 4) is 0 Å². The van der Waals surface area contributed by atoms with E-state index in [2.05, 4.69) is 10.6 Å². The molecule has 2 aromatic rings. The fourth-order valence-electron chi connectivity index (χ4n) is 2.38. The summed E-state index contributed by atoms with van der Waals surface area (Å²) in [5.74, 6) is -1.42. The number of nitro benzene ring substituents is 1. The van der Waals surface area contributed by atoms with Crippen LogP contribution in [-0.4, -0.2) is 41.2 Å². The standard InChI is InChI=1S/C19H21N3O6/c1-12-5-3-4-6-16(12)21-18(24)13(2)28-19(25)15-11-14(22(26)27)7-8-17(15)20-9-10-23/h3-8,11,13,20,23H,9-10H2,1-2H3,(H,21,24)/t13-/m0/s1. The lowest BCUT2D eigenvalue weighted by Crippen LogP contribution is -2.30. The Morgan fingerprint density at radius 3 is 2.57 bits per heavy atom. The molecule has 0 bridgehead atoms. The first-order valence-electron chi connectivity index (χ1n) is 8.54. The smallest absolute Gasteiger partial charge is 0.341 e. The molecule has 0 saturated carbocycles. The number of benzene rings is 2. The van der Waals surface area contributed by atoms with E-state index in [1.54, 1.807) is 12.1 Å². The van der Waals surface area contributed by atoms with Gasteiger partial charge in [0.1, 0.15) is 0 Å². The highest BCUT2D eigenvalue weighted by Crippen LogP contribution is 2.23. The normalized spacial score (nSPS) is 11.4. The monoisotopic (exact) mass is 387 g/mol. The molecule has 0 heterocycles. The van der Waals surface area contributed by atoms with E-state index in [0.717, 1.165) is 11.6 Å². The highest BCUT2D eigenvalue weighted by Gasteiger charge is 2.23. The zero-order valence-electron chi connectivity index (χ0n) is 15.5. The molecule has 0 fully saturated rings. The van der Waals surface area contributed by atoms with Gasteiger partial charge in [0.25, 0.3) is 11.6 Å². The van der Waals surface area contributed by atoms with Gasteiger partial charge >= 0.3 is 5.97 Å². The second-order valence-corrected chi connectivity index (χ2v) is 5.99. The molecule has 9 heteroatoms. The van der Waals surface area contributed by atoms with Gasteiger partial charge in [-0.15, -0.1) is 0 Å². The topological polar surface area (TPSA) is 131 Å². The number of nitro groups is 1. The molecule has 148 valence electrons. The summed E-state index contributed by atoms with van der Waals surface area (Å²) in [5.41, 5.74) is 1.31. The number of aliphatic hydroxyl groups excluding tert-OH is 1. The maximum Gasteiger partial charge on any atom is 0.341 e. The molecule has 0 aliphatic rings. The number of anilines is 2. The van der Waals surface area contributed by atoms with Crippen LogP contribution in [0.25, 0.3) is 0 Å². The first kappa shape index (κ1) is 20.8. The number of carbonyl (C=O) groups excluding carboxylic acids is 2. The molecule has 0 saturated heterocycles. The number of nitrogens with zero attached hydrogens (tertiary/aromatic N) is 1. The highest BCUT2D eigenvalue weighted by atomic mass is 16.6. The molecule has 0 aliphatic carbocycles. The first-order valence-corrected chi connectivity index (χ1v) is 8.54. The maximum absolute atomic E-state index is 12.5. The summed E-state index contributed by atoms with van der Waals surface area (Å²) in [7, 11) is 0. The minimum Gasteiger partial charge on any atom is -0.449 e. The van der Waals surface area contributed by atoms with Crippen molar-refractivity contribution in [2.45, 2.75) is 20.0 Å². The zero-order chi connectivity index (χ0) is 20.7. The third kappa shape index (κ3) is 5.27. The van der Waals surface area contributed by atoms with Crippen molar-refractivity contribution in [1.29, 1.82) is 0 Å². The Balaban J connectivity index is 2.15. The molecular formula is C19H21N3O6. The Morgan fingerprint density at radius 2 is 1.93 bits per heavy atom. The quantitative estimate of drug-likeness (QED) is 0.360. The Hall–Kier alpha value is -3.46. The number of carbonyl (C=O) groups is 2. The lowest BCUT2D eigenvalue weighted by Gasteiger charge is -2.16. The first-order chi connectivity index (χ1) is 13.3. The molecule has 3 N–H and O–H groups in total. The van der Waals surface area contributed by atoms with Crippen LogP contribution in [0.1, 0.15) is 22.8 Å². The average molecular weight is 387 g/mol. The predicted molar refractivity (Wildman–Crippen MR) is 103 cm³/mol. The summed E-state index contributed by atoms with van der Waals surface area (Å²) < 4.78 is 5.19. The predicted octanol–water partition coefficient (Wildman–Crippen LogP) is 2.49. The number of amides is 1. The third-order valence-electron chi connectivity index (χ3n) is 3.92. The molecule has 2 aromatic carbocycles. The summed E-state index contributed by atoms with van der Waals surface area (Å²) in [6.45, 7) is 3.18. The van der Waals surface area contributed by atoms with Gasteiger partial charge in [0.2, 0.25) is 0 Å². The fourth-order valence-corrected chi connectivity index (χ4v) is 2.38. The number of hydrogen-bond acceptors (Lipinski definition) is 7. The molecule has 0 aliphatic heterocycles. The third-order valence-corrected chi connectivity index (χ3v) is 3.92. The van der Waals surface area contributed by atoms with Crippen molar-refractivity contribution >= 4 is 28.9 Å². The number of aliphatic hydroxyl groups is 1. The molecule has 0 unspecified atom stereocenters. The van der Waals surface area contributed by atoms with Gasteiger partial charge in [0.05, 0.1) is 17.1 Å². The Kier molecular flexibility index (Phi) is 7.05. The fraction of sp³-hybridized carbons (Fsp3) is 0.263. The Labute approximate surface area is 161 Å². The van der Waals surface area contributed by atoms with Crippen LogP contribution in [0.4, 0.5) is 17.1 Å². The number of non-ortho nitro benzene ring substituents is 1. The van der Waals surface area contributed by atoms with Crippen molar-refractivity contribution in [3.05, 3.63) is 63.7 Å². The number of para-hydroxylation sites is 1. The molecule has 1 amide bonds. The van der Waals surface area contributed by atoms with Gasteiger partial charge < -0.3 is 20.5 Å². The summed E-state index contributed by atoms with van der Waals surface area (Å²) in [6, 6.07) is 10.8. The van der Waals surface area contributed by atoms with Gasteiger partial charge in [0, 0.05) is 30.1 Å². The van der Waals surface area contributed by atoms with Crippen molar-refractivity contribution in [2.75, 3.05) is 23.8 Å². The van der Waals surface area contributed by atoms with Gasteiger partial charge in [0.15, 0.2) is 6.10 Å². The van der Waals surface area contributed by atoms with Crippen molar-refractivity contribution in [2.24, 2.45) is 0 Å². The van der Waals surface area contributed by atoms with Gasteiger partial charge in [-0.1, -0.05) is 18.2 Å². The van der Waals surface area contributed by atoms with Crippen molar-refractivity contribution in [3.63, 3.8) is 0 Å². The van der Waals surface area contributed by atoms with Crippen LogP contribution >= 0.6 is 0 Å². The zero-order valence-corrected chi connectivity index (χ0v) is 15.5. The van der Waals surface area contributed by atoms with Crippen LogP contribution in [-0.2, 0) is 9.53 Å². The van der Waals surface area contributed by atoms with Crippen LogP contribution in [0.15, 0.2) is 42.5 Å². The minimum absolute atomic E-state index is 0.0989. The van der Waals surface area contributed by atoms with E-state index in [-0.39, 0.29) is 30.1 Å². The van der Waals surface area contributed by atoms with Crippen LogP contribution in [0, 0.1) is 17.0 Å². The average Bonchev–Trinajstić information content (AvgIpc) is 2.67. The summed E-state index contributed by atoms with van der Waals surface area (Å²) in [6.07, 6.45) is -1.13. The van der Waals surface area contributed by atoms with Crippen LogP contribution in [0.2, 0.25) is 0 Å². The van der Waals surface area contributed by atoms with Crippen LogP contribution in [0.5, 0.6) is 0 Å². The van der Waals surface area contributed by atoms with Crippen molar-refractivity contribution < 1.29 is 24.4 Å². The van der Waals surface area contributed by atoms with Gasteiger partial charge in [-0.05, 0) is 31.5 Å². The minimum atomic E-state index is -1.13. The molecule has 28 heavy (non-hydrogen) atoms. The van der Waals surface area contributed by atoms with Crippen molar-refractivity contribution in [1.82, 2.24) is 0 Å². The largest absolute Gasteiger partial charge is 0.449 e. The molecule has 0 aromatic heterocycles. The molecule has 1 atom stereocenters. The van der Waals surface area contributed by atoms with Crippen LogP contribution in [0.3, 0.4) is 0 Å². The SMILES string of the molecule is Cc1ccccc1NC(=O)[C@H](C)OC(=O)c1cc([N+](=O)[O-])ccc1NCCO. The maximum atomic E-state index is 12.5. The van der Waals surface area contributed by atoms with E-state index < -0.39 is 22.9 Å². The summed E-state index contributed by atoms with van der Waals surface area (Å²) >= 11 is 0. The molecular weight excluding hydrogens is 366 g/mol. The lowest BCUT2D eigenvalue weighted by atomic mass is 10.1. The number of nitrogens with one attached hydrogen (secondary N) is 2. The summed E-state index contributed by atoms with van der Waals surface area (Å²) in [5, 5.41) is 25.4. The Morgan fingerprint density at radius 1 is 1.21 bits per heavy atom. The number of rotatable bonds is 8. The summed E-state index contributed by atoms with van der Waals surface area (Å²) in [4.78, 5) is 35.2. The second-order valence-electron chi connectivity index (χ2n) is 5.99. The highest BCUT2D eigenvalue weighted by molar-refractivity contribution is 6.00. The lowest BCUT2D eigenvalue weighted by molar-refractivity contribution is -0.384. The van der Waals surface area contributed by atoms with E-state index in [1.807, 2.05) is 19.1 Å². The van der Waals surface area contributed by atoms with Gasteiger partial charge in [-0.3, -0.25) is 14.9 Å². The molecule has 2 rings (SSSR count). The van der Waals surface area contributed by atoms with E-state index in [4.69, 9.17) is 9.84 Å². The second kappa shape index (κ2) is 9.47. The number of aryl methyl sites for hydroxylation is 1. The number of ether oxygens (including phenoxy) is 1. The molecule has 0 spiro atoms. The van der Waals surface area contributed by atoms with E-state index >= 15 is 0 Å². The molecule has 0 radical (unpaired) electrons. The van der Waals surface area contributed by atoms with Gasteiger partial charge in [-0.2, -0.15) is 0 Å². The van der Waals surface area contributed by atoms with Crippen LogP contribution < -0.4 is 10.6 Å². The molecule has 9 nitrogen and oxygen atoms in total. The van der Waals surface area contributed by atoms with E-state index in [0.29, 0.717) is 5.69 Å². The van der Waals surface area contributed by atoms with E-state index in [1.165, 1.54) is 19.1 Å². The Bertz CT molecular complexity index is 884.